The van der Waals surface area contributed by atoms with Crippen LogP contribution >= 0.6 is 0 Å². The summed E-state index contributed by atoms with van der Waals surface area (Å²) in [5.41, 5.74) is 0.865. The van der Waals surface area contributed by atoms with Crippen LogP contribution in [0.5, 0.6) is 11.5 Å². The first-order valence-electron chi connectivity index (χ1n) is 8.52. The van der Waals surface area contributed by atoms with Crippen LogP contribution in [0.25, 0.3) is 0 Å². The maximum absolute atomic E-state index is 12.4. The molecular weight excluding hydrogens is 324 g/mol. The van der Waals surface area contributed by atoms with E-state index in [1.165, 1.54) is 0 Å². The number of imide groups is 1. The number of carbonyl (C=O) groups is 3. The van der Waals surface area contributed by atoms with Gasteiger partial charge >= 0.3 is 0 Å². The van der Waals surface area contributed by atoms with Crippen LogP contribution in [0.2, 0.25) is 0 Å². The van der Waals surface area contributed by atoms with Gasteiger partial charge in [0.05, 0.1) is 19.3 Å². The molecule has 25 heavy (non-hydrogen) atoms. The number of likely N-dealkylation sites (tertiary alicyclic amines) is 1. The lowest BCUT2D eigenvalue weighted by atomic mass is 10.1. The van der Waals surface area contributed by atoms with Gasteiger partial charge in [0.25, 0.3) is 0 Å². The molecule has 7 nitrogen and oxygen atoms in total. The molecule has 134 valence electrons. The van der Waals surface area contributed by atoms with E-state index in [2.05, 4.69) is 5.32 Å². The first-order valence-corrected chi connectivity index (χ1v) is 8.52. The number of ether oxygens (including phenoxy) is 2. The van der Waals surface area contributed by atoms with E-state index in [9.17, 15) is 14.4 Å². The zero-order valence-corrected chi connectivity index (χ0v) is 14.4. The Morgan fingerprint density at radius 3 is 2.40 bits per heavy atom. The van der Waals surface area contributed by atoms with Gasteiger partial charge in [-0.2, -0.15) is 0 Å². The van der Waals surface area contributed by atoms with Crippen LogP contribution < -0.4 is 14.8 Å². The number of hydrogen-bond donors (Lipinski definition) is 1. The zero-order chi connectivity index (χ0) is 18.0. The SMILES string of the molecule is C[C@H](NC(=O)[C@H](C)N1C(=O)CCC1=O)c1ccc2c(c1)OCCCO2. The molecule has 2 aliphatic rings. The van der Waals surface area contributed by atoms with E-state index in [0.717, 1.165) is 16.9 Å². The lowest BCUT2D eigenvalue weighted by Crippen LogP contribution is -2.48. The number of amides is 3. The van der Waals surface area contributed by atoms with E-state index in [1.807, 2.05) is 25.1 Å². The second kappa shape index (κ2) is 7.13. The molecular formula is C18H22N2O5. The van der Waals surface area contributed by atoms with Crippen LogP contribution in [0.1, 0.15) is 44.7 Å². The molecule has 2 atom stereocenters. The van der Waals surface area contributed by atoms with Crippen molar-refractivity contribution >= 4 is 17.7 Å². The third-order valence-electron chi connectivity index (χ3n) is 4.49. The van der Waals surface area contributed by atoms with Gasteiger partial charge in [0.1, 0.15) is 6.04 Å². The maximum Gasteiger partial charge on any atom is 0.243 e. The van der Waals surface area contributed by atoms with Crippen molar-refractivity contribution in [2.45, 2.75) is 45.2 Å². The molecule has 1 aromatic rings. The minimum Gasteiger partial charge on any atom is -0.490 e. The molecule has 0 bridgehead atoms. The van der Waals surface area contributed by atoms with Gasteiger partial charge in [0.15, 0.2) is 11.5 Å². The topological polar surface area (TPSA) is 84.9 Å². The zero-order valence-electron chi connectivity index (χ0n) is 14.4. The predicted octanol–water partition coefficient (Wildman–Crippen LogP) is 1.56. The van der Waals surface area contributed by atoms with Crippen molar-refractivity contribution in [2.75, 3.05) is 13.2 Å². The Balaban J connectivity index is 1.68. The van der Waals surface area contributed by atoms with Crippen LogP contribution in [-0.4, -0.2) is 41.9 Å². The summed E-state index contributed by atoms with van der Waals surface area (Å²) in [7, 11) is 0. The summed E-state index contributed by atoms with van der Waals surface area (Å²) in [4.78, 5) is 37.0. The summed E-state index contributed by atoms with van der Waals surface area (Å²) in [5.74, 6) is 0.408. The highest BCUT2D eigenvalue weighted by molar-refractivity contribution is 6.05. The summed E-state index contributed by atoms with van der Waals surface area (Å²) < 4.78 is 11.3. The lowest BCUT2D eigenvalue weighted by molar-refractivity contribution is -0.146. The Labute approximate surface area is 146 Å². The van der Waals surface area contributed by atoms with E-state index < -0.39 is 6.04 Å². The average molecular weight is 346 g/mol. The number of benzene rings is 1. The summed E-state index contributed by atoms with van der Waals surface area (Å²) in [5, 5.41) is 2.85. The third-order valence-corrected chi connectivity index (χ3v) is 4.49. The molecule has 1 aromatic carbocycles. The van der Waals surface area contributed by atoms with Gasteiger partial charge in [-0.05, 0) is 31.5 Å². The van der Waals surface area contributed by atoms with Gasteiger partial charge in [-0.15, -0.1) is 0 Å². The predicted molar refractivity (Wildman–Crippen MR) is 89.2 cm³/mol. The van der Waals surface area contributed by atoms with Gasteiger partial charge in [-0.25, -0.2) is 0 Å². The molecule has 0 aliphatic carbocycles. The number of nitrogens with one attached hydrogen (secondary N) is 1. The fourth-order valence-corrected chi connectivity index (χ4v) is 3.01. The molecule has 0 unspecified atom stereocenters. The Morgan fingerprint density at radius 2 is 1.72 bits per heavy atom. The highest BCUT2D eigenvalue weighted by atomic mass is 16.5. The number of fused-ring (bicyclic) bond motifs is 1. The summed E-state index contributed by atoms with van der Waals surface area (Å²) in [6.07, 6.45) is 1.17. The van der Waals surface area contributed by atoms with Gasteiger partial charge < -0.3 is 14.8 Å². The molecule has 7 heteroatoms. The molecule has 1 fully saturated rings. The van der Waals surface area contributed by atoms with Crippen molar-refractivity contribution in [2.24, 2.45) is 0 Å². The molecule has 0 aromatic heterocycles. The van der Waals surface area contributed by atoms with E-state index in [1.54, 1.807) is 6.92 Å². The second-order valence-corrected chi connectivity index (χ2v) is 6.32. The molecule has 0 saturated carbocycles. The van der Waals surface area contributed by atoms with Crippen LogP contribution in [0.3, 0.4) is 0 Å². The largest absolute Gasteiger partial charge is 0.490 e. The Morgan fingerprint density at radius 1 is 1.08 bits per heavy atom. The van der Waals surface area contributed by atoms with Crippen molar-refractivity contribution in [1.29, 1.82) is 0 Å². The highest BCUT2D eigenvalue weighted by Crippen LogP contribution is 2.32. The molecule has 0 radical (unpaired) electrons. The Hall–Kier alpha value is -2.57. The van der Waals surface area contributed by atoms with Crippen molar-refractivity contribution in [3.05, 3.63) is 23.8 Å². The quantitative estimate of drug-likeness (QED) is 0.837. The molecule has 1 saturated heterocycles. The molecule has 3 amide bonds. The summed E-state index contributed by atoms with van der Waals surface area (Å²) >= 11 is 0. The minimum atomic E-state index is -0.814. The van der Waals surface area contributed by atoms with Crippen molar-refractivity contribution < 1.29 is 23.9 Å². The highest BCUT2D eigenvalue weighted by Gasteiger charge is 2.36. The van der Waals surface area contributed by atoms with Crippen LogP contribution in [0, 0.1) is 0 Å². The minimum absolute atomic E-state index is 0.175. The van der Waals surface area contributed by atoms with Gasteiger partial charge in [0.2, 0.25) is 17.7 Å². The van der Waals surface area contributed by atoms with Gasteiger partial charge in [-0.1, -0.05) is 6.07 Å². The van der Waals surface area contributed by atoms with E-state index in [-0.39, 0.29) is 36.6 Å². The Kier molecular flexibility index (Phi) is 4.92. The normalized spacial score (nSPS) is 19.4. The molecule has 2 aliphatic heterocycles. The summed E-state index contributed by atoms with van der Waals surface area (Å²) in [6, 6.07) is 4.44. The molecule has 1 N–H and O–H groups in total. The van der Waals surface area contributed by atoms with Crippen molar-refractivity contribution in [1.82, 2.24) is 10.2 Å². The number of nitrogens with zero attached hydrogens (tertiary/aromatic N) is 1. The molecule has 2 heterocycles. The first kappa shape index (κ1) is 17.3. The fourth-order valence-electron chi connectivity index (χ4n) is 3.01. The third kappa shape index (κ3) is 3.60. The van der Waals surface area contributed by atoms with Crippen LogP contribution in [-0.2, 0) is 14.4 Å². The van der Waals surface area contributed by atoms with E-state index in [4.69, 9.17) is 9.47 Å². The monoisotopic (exact) mass is 346 g/mol. The van der Waals surface area contributed by atoms with Crippen LogP contribution in [0.4, 0.5) is 0 Å². The van der Waals surface area contributed by atoms with Crippen molar-refractivity contribution in [3.8, 4) is 11.5 Å². The van der Waals surface area contributed by atoms with Gasteiger partial charge in [0, 0.05) is 19.3 Å². The molecule has 3 rings (SSSR count). The van der Waals surface area contributed by atoms with Crippen molar-refractivity contribution in [3.63, 3.8) is 0 Å². The smallest absolute Gasteiger partial charge is 0.243 e. The number of carbonyl (C=O) groups excluding carboxylic acids is 3. The number of rotatable bonds is 4. The number of hydrogen-bond acceptors (Lipinski definition) is 5. The average Bonchev–Trinajstić information content (AvgIpc) is 2.80. The van der Waals surface area contributed by atoms with Crippen LogP contribution in [0.15, 0.2) is 18.2 Å². The lowest BCUT2D eigenvalue weighted by Gasteiger charge is -2.24. The van der Waals surface area contributed by atoms with Gasteiger partial charge in [-0.3, -0.25) is 19.3 Å². The fraction of sp³-hybridized carbons (Fsp3) is 0.500. The first-order chi connectivity index (χ1) is 12.0. The summed E-state index contributed by atoms with van der Waals surface area (Å²) in [6.45, 7) is 4.62. The van der Waals surface area contributed by atoms with E-state index in [0.29, 0.717) is 24.7 Å². The standard InChI is InChI=1S/C18H22N2O5/c1-11(13-4-5-14-15(10-13)25-9-3-8-24-14)19-18(23)12(2)20-16(21)6-7-17(20)22/h4-5,10-12H,3,6-9H2,1-2H3,(H,19,23)/t11-,12-/m0/s1. The molecule has 0 spiro atoms. The second-order valence-electron chi connectivity index (χ2n) is 6.32. The maximum atomic E-state index is 12.4. The Bertz CT molecular complexity index is 687. The van der Waals surface area contributed by atoms with E-state index >= 15 is 0 Å².